The van der Waals surface area contributed by atoms with Gasteiger partial charge in [0.1, 0.15) is 0 Å². The van der Waals surface area contributed by atoms with Crippen LogP contribution in [0.25, 0.3) is 0 Å². The van der Waals surface area contributed by atoms with Crippen molar-refractivity contribution >= 4 is 11.6 Å². The van der Waals surface area contributed by atoms with E-state index in [0.29, 0.717) is 17.8 Å². The van der Waals surface area contributed by atoms with Crippen LogP contribution in [0.1, 0.15) is 10.4 Å². The molecule has 1 aromatic rings. The first-order valence-corrected chi connectivity index (χ1v) is 4.37. The molecule has 4 nitrogen and oxygen atoms in total. The van der Waals surface area contributed by atoms with Crippen LogP contribution in [0, 0.1) is 0 Å². The Morgan fingerprint density at radius 1 is 1.50 bits per heavy atom. The van der Waals surface area contributed by atoms with Gasteiger partial charge in [0.15, 0.2) is 0 Å². The van der Waals surface area contributed by atoms with Crippen molar-refractivity contribution < 1.29 is 9.90 Å². The van der Waals surface area contributed by atoms with E-state index in [1.165, 1.54) is 4.90 Å². The molecule has 1 amide bonds. The monoisotopic (exact) mass is 194 g/mol. The number of nitrogens with zero attached hydrogens (tertiary/aromatic N) is 1. The SMILES string of the molecule is CN(CCO)C(=O)c1ccccc1N. The van der Waals surface area contributed by atoms with Gasteiger partial charge in [-0.15, -0.1) is 0 Å². The Labute approximate surface area is 82.9 Å². The number of nitrogens with two attached hydrogens (primary N) is 1. The van der Waals surface area contributed by atoms with Crippen molar-refractivity contribution in [2.24, 2.45) is 0 Å². The Bertz CT molecular complexity index is 326. The lowest BCUT2D eigenvalue weighted by molar-refractivity contribution is 0.0768. The summed E-state index contributed by atoms with van der Waals surface area (Å²) in [6, 6.07) is 6.89. The highest BCUT2D eigenvalue weighted by molar-refractivity contribution is 5.98. The summed E-state index contributed by atoms with van der Waals surface area (Å²) in [5.74, 6) is -0.169. The smallest absolute Gasteiger partial charge is 0.255 e. The van der Waals surface area contributed by atoms with Gasteiger partial charge in [-0.2, -0.15) is 0 Å². The molecule has 1 rings (SSSR count). The van der Waals surface area contributed by atoms with Crippen LogP contribution in [0.15, 0.2) is 24.3 Å². The van der Waals surface area contributed by atoms with Gasteiger partial charge in [0.25, 0.3) is 5.91 Å². The number of aliphatic hydroxyl groups is 1. The maximum absolute atomic E-state index is 11.7. The van der Waals surface area contributed by atoms with Crippen LogP contribution in [0.3, 0.4) is 0 Å². The molecule has 0 spiro atoms. The first kappa shape index (κ1) is 10.5. The molecule has 0 aliphatic carbocycles. The fourth-order valence-corrected chi connectivity index (χ4v) is 1.15. The molecule has 4 heteroatoms. The molecular weight excluding hydrogens is 180 g/mol. The second-order valence-corrected chi connectivity index (χ2v) is 3.04. The Kier molecular flexibility index (Phi) is 3.48. The summed E-state index contributed by atoms with van der Waals surface area (Å²) in [4.78, 5) is 13.1. The van der Waals surface area contributed by atoms with E-state index in [1.54, 1.807) is 31.3 Å². The molecule has 0 heterocycles. The van der Waals surface area contributed by atoms with Crippen molar-refractivity contribution in [2.75, 3.05) is 25.9 Å². The second kappa shape index (κ2) is 4.62. The molecule has 0 aromatic heterocycles. The highest BCUT2D eigenvalue weighted by atomic mass is 16.3. The molecule has 0 radical (unpaired) electrons. The lowest BCUT2D eigenvalue weighted by Gasteiger charge is -2.16. The highest BCUT2D eigenvalue weighted by Crippen LogP contribution is 2.12. The van der Waals surface area contributed by atoms with E-state index in [2.05, 4.69) is 0 Å². The van der Waals surface area contributed by atoms with Crippen molar-refractivity contribution in [3.05, 3.63) is 29.8 Å². The zero-order valence-corrected chi connectivity index (χ0v) is 8.10. The number of anilines is 1. The summed E-state index contributed by atoms with van der Waals surface area (Å²) in [5, 5.41) is 8.68. The van der Waals surface area contributed by atoms with Crippen molar-refractivity contribution in [3.63, 3.8) is 0 Å². The fourth-order valence-electron chi connectivity index (χ4n) is 1.15. The van der Waals surface area contributed by atoms with Gasteiger partial charge in [-0.05, 0) is 12.1 Å². The van der Waals surface area contributed by atoms with Gasteiger partial charge in [0, 0.05) is 19.3 Å². The number of hydrogen-bond donors (Lipinski definition) is 2. The van der Waals surface area contributed by atoms with E-state index >= 15 is 0 Å². The Hall–Kier alpha value is -1.55. The highest BCUT2D eigenvalue weighted by Gasteiger charge is 2.12. The number of carbonyl (C=O) groups is 1. The summed E-state index contributed by atoms with van der Waals surface area (Å²) in [5.41, 5.74) is 6.58. The van der Waals surface area contributed by atoms with E-state index in [0.717, 1.165) is 0 Å². The topological polar surface area (TPSA) is 66.6 Å². The van der Waals surface area contributed by atoms with Crippen molar-refractivity contribution in [3.8, 4) is 0 Å². The summed E-state index contributed by atoms with van der Waals surface area (Å²) in [6.07, 6.45) is 0. The van der Waals surface area contributed by atoms with Crippen LogP contribution in [-0.4, -0.2) is 36.1 Å². The molecule has 0 aliphatic rings. The van der Waals surface area contributed by atoms with Crippen LogP contribution in [0.4, 0.5) is 5.69 Å². The predicted molar refractivity (Wildman–Crippen MR) is 54.9 cm³/mol. The van der Waals surface area contributed by atoms with Crippen LogP contribution in [0.2, 0.25) is 0 Å². The zero-order chi connectivity index (χ0) is 10.6. The third-order valence-corrected chi connectivity index (χ3v) is 1.97. The van der Waals surface area contributed by atoms with Gasteiger partial charge in [-0.1, -0.05) is 12.1 Å². The largest absolute Gasteiger partial charge is 0.398 e. The minimum absolute atomic E-state index is 0.0466. The normalized spacial score (nSPS) is 9.86. The van der Waals surface area contributed by atoms with E-state index in [9.17, 15) is 4.79 Å². The van der Waals surface area contributed by atoms with Crippen LogP contribution < -0.4 is 5.73 Å². The molecule has 0 saturated carbocycles. The zero-order valence-electron chi connectivity index (χ0n) is 8.10. The number of likely N-dealkylation sites (N-methyl/N-ethyl adjacent to an activating group) is 1. The molecule has 0 bridgehead atoms. The van der Waals surface area contributed by atoms with Gasteiger partial charge in [0.05, 0.1) is 12.2 Å². The van der Waals surface area contributed by atoms with Crippen molar-refractivity contribution in [1.29, 1.82) is 0 Å². The van der Waals surface area contributed by atoms with Gasteiger partial charge in [-0.25, -0.2) is 0 Å². The molecular formula is C10H14N2O2. The standard InChI is InChI=1S/C10H14N2O2/c1-12(6-7-13)10(14)8-4-2-3-5-9(8)11/h2-5,13H,6-7,11H2,1H3. The van der Waals surface area contributed by atoms with Crippen molar-refractivity contribution in [2.45, 2.75) is 0 Å². The summed E-state index contributed by atoms with van der Waals surface area (Å²) >= 11 is 0. The summed E-state index contributed by atoms with van der Waals surface area (Å²) in [6.45, 7) is 0.266. The average Bonchev–Trinajstić information content (AvgIpc) is 2.18. The number of nitrogen functional groups attached to an aromatic ring is 1. The number of hydrogen-bond acceptors (Lipinski definition) is 3. The molecule has 0 fully saturated rings. The maximum Gasteiger partial charge on any atom is 0.255 e. The summed E-state index contributed by atoms with van der Waals surface area (Å²) < 4.78 is 0. The van der Waals surface area contributed by atoms with Gasteiger partial charge in [0.2, 0.25) is 0 Å². The molecule has 0 saturated heterocycles. The molecule has 76 valence electrons. The Morgan fingerprint density at radius 2 is 2.14 bits per heavy atom. The van der Waals surface area contributed by atoms with Gasteiger partial charge < -0.3 is 15.7 Å². The van der Waals surface area contributed by atoms with E-state index in [-0.39, 0.29) is 12.5 Å². The molecule has 3 N–H and O–H groups in total. The lowest BCUT2D eigenvalue weighted by Crippen LogP contribution is -2.29. The van der Waals surface area contributed by atoms with E-state index < -0.39 is 0 Å². The van der Waals surface area contributed by atoms with Crippen LogP contribution in [-0.2, 0) is 0 Å². The lowest BCUT2D eigenvalue weighted by atomic mass is 10.1. The third kappa shape index (κ3) is 2.23. The molecule has 0 atom stereocenters. The van der Waals surface area contributed by atoms with Crippen LogP contribution >= 0.6 is 0 Å². The number of rotatable bonds is 3. The fraction of sp³-hybridized carbons (Fsp3) is 0.300. The molecule has 0 aliphatic heterocycles. The number of aliphatic hydroxyl groups excluding tert-OH is 1. The molecule has 1 aromatic carbocycles. The van der Waals surface area contributed by atoms with E-state index in [4.69, 9.17) is 10.8 Å². The van der Waals surface area contributed by atoms with Crippen LogP contribution in [0.5, 0.6) is 0 Å². The number of benzene rings is 1. The Balaban J connectivity index is 2.84. The maximum atomic E-state index is 11.7. The van der Waals surface area contributed by atoms with E-state index in [1.807, 2.05) is 0 Å². The predicted octanol–water partition coefficient (Wildman–Crippen LogP) is 0.333. The first-order chi connectivity index (χ1) is 6.66. The number of amides is 1. The number of para-hydroxylation sites is 1. The average molecular weight is 194 g/mol. The molecule has 0 unspecified atom stereocenters. The Morgan fingerprint density at radius 3 is 2.71 bits per heavy atom. The minimum Gasteiger partial charge on any atom is -0.398 e. The third-order valence-electron chi connectivity index (χ3n) is 1.97. The summed E-state index contributed by atoms with van der Waals surface area (Å²) in [7, 11) is 1.63. The van der Waals surface area contributed by atoms with Crippen molar-refractivity contribution in [1.82, 2.24) is 4.90 Å². The minimum atomic E-state index is -0.169. The second-order valence-electron chi connectivity index (χ2n) is 3.04. The first-order valence-electron chi connectivity index (χ1n) is 4.37. The molecule has 14 heavy (non-hydrogen) atoms. The quantitative estimate of drug-likeness (QED) is 0.681. The van der Waals surface area contributed by atoms with Gasteiger partial charge >= 0.3 is 0 Å². The number of carbonyl (C=O) groups excluding carboxylic acids is 1. The van der Waals surface area contributed by atoms with Gasteiger partial charge in [-0.3, -0.25) is 4.79 Å².